The Morgan fingerprint density at radius 3 is 3.15 bits per heavy atom. The number of carbonyl (C=O) groups excluding carboxylic acids is 1. The van der Waals surface area contributed by atoms with Gasteiger partial charge in [-0.2, -0.15) is 0 Å². The van der Waals surface area contributed by atoms with Crippen molar-refractivity contribution in [3.63, 3.8) is 0 Å². The molecule has 20 heavy (non-hydrogen) atoms. The number of nitrogens with one attached hydrogen (secondary N) is 2. The monoisotopic (exact) mass is 268 g/mol. The average molecular weight is 268 g/mol. The van der Waals surface area contributed by atoms with Gasteiger partial charge in [0.2, 0.25) is 0 Å². The second-order valence-electron chi connectivity index (χ2n) is 4.83. The summed E-state index contributed by atoms with van der Waals surface area (Å²) in [5.74, 6) is 0.622. The van der Waals surface area contributed by atoms with Crippen LogP contribution in [0.15, 0.2) is 30.5 Å². The quantitative estimate of drug-likeness (QED) is 0.889. The third-order valence-corrected chi connectivity index (χ3v) is 3.35. The van der Waals surface area contributed by atoms with Crippen LogP contribution in [0.25, 0.3) is 0 Å². The smallest absolute Gasteiger partial charge is 0.251 e. The Labute approximate surface area is 117 Å². The summed E-state index contributed by atoms with van der Waals surface area (Å²) in [6.45, 7) is 3.19. The molecule has 3 rings (SSSR count). The molecule has 0 spiro atoms. The van der Waals surface area contributed by atoms with E-state index in [1.807, 2.05) is 25.1 Å². The van der Waals surface area contributed by atoms with Crippen molar-refractivity contribution >= 4 is 11.6 Å². The zero-order valence-electron chi connectivity index (χ0n) is 11.3. The summed E-state index contributed by atoms with van der Waals surface area (Å²) in [5, 5.41) is 6.15. The number of fused-ring (bicyclic) bond motifs is 1. The van der Waals surface area contributed by atoms with Gasteiger partial charge in [-0.25, -0.2) is 9.97 Å². The standard InChI is InChI=1S/C15H16N4O/c1-10-16-7-5-13(19-10)9-18-15(20)12-3-2-11-4-6-17-14(11)8-12/h2-3,5,7-8,17H,4,6,9H2,1H3,(H,18,20). The lowest BCUT2D eigenvalue weighted by Gasteiger charge is -2.07. The third kappa shape index (κ3) is 2.61. The van der Waals surface area contributed by atoms with E-state index in [2.05, 4.69) is 20.6 Å². The SMILES string of the molecule is Cc1nccc(CNC(=O)c2ccc3c(c2)NCC3)n1. The number of aromatic nitrogens is 2. The van der Waals surface area contributed by atoms with Crippen LogP contribution in [-0.2, 0) is 13.0 Å². The van der Waals surface area contributed by atoms with Gasteiger partial charge in [-0.15, -0.1) is 0 Å². The molecule has 0 radical (unpaired) electrons. The maximum absolute atomic E-state index is 12.1. The Hall–Kier alpha value is -2.43. The molecule has 0 unspecified atom stereocenters. The van der Waals surface area contributed by atoms with Crippen molar-refractivity contribution < 1.29 is 4.79 Å². The number of nitrogens with zero attached hydrogens (tertiary/aromatic N) is 2. The van der Waals surface area contributed by atoms with E-state index in [1.165, 1.54) is 5.56 Å². The number of hydrogen-bond donors (Lipinski definition) is 2. The molecule has 5 heteroatoms. The molecule has 102 valence electrons. The van der Waals surface area contributed by atoms with Gasteiger partial charge in [0.05, 0.1) is 12.2 Å². The van der Waals surface area contributed by atoms with Crippen molar-refractivity contribution in [2.45, 2.75) is 19.9 Å². The van der Waals surface area contributed by atoms with Gasteiger partial charge < -0.3 is 10.6 Å². The Bertz CT molecular complexity index is 654. The Balaban J connectivity index is 1.67. The van der Waals surface area contributed by atoms with Gasteiger partial charge in [0.1, 0.15) is 5.82 Å². The fraction of sp³-hybridized carbons (Fsp3) is 0.267. The summed E-state index contributed by atoms with van der Waals surface area (Å²) < 4.78 is 0. The van der Waals surface area contributed by atoms with Crippen LogP contribution < -0.4 is 10.6 Å². The number of aryl methyl sites for hydroxylation is 1. The van der Waals surface area contributed by atoms with Crippen LogP contribution in [0.5, 0.6) is 0 Å². The topological polar surface area (TPSA) is 66.9 Å². The number of hydrogen-bond acceptors (Lipinski definition) is 4. The third-order valence-electron chi connectivity index (χ3n) is 3.35. The minimum absolute atomic E-state index is 0.0854. The van der Waals surface area contributed by atoms with Crippen LogP contribution in [0.2, 0.25) is 0 Å². The first-order valence-corrected chi connectivity index (χ1v) is 6.66. The largest absolute Gasteiger partial charge is 0.384 e. The van der Waals surface area contributed by atoms with Gasteiger partial charge in [0.25, 0.3) is 5.91 Å². The molecule has 2 N–H and O–H groups in total. The lowest BCUT2D eigenvalue weighted by Crippen LogP contribution is -2.23. The molecule has 1 aliphatic rings. The van der Waals surface area contributed by atoms with E-state index in [4.69, 9.17) is 0 Å². The van der Waals surface area contributed by atoms with Gasteiger partial charge >= 0.3 is 0 Å². The van der Waals surface area contributed by atoms with Gasteiger partial charge in [-0.05, 0) is 37.1 Å². The van der Waals surface area contributed by atoms with Crippen molar-refractivity contribution in [1.82, 2.24) is 15.3 Å². The van der Waals surface area contributed by atoms with Gasteiger partial charge in [0.15, 0.2) is 0 Å². The molecule has 0 aliphatic carbocycles. The van der Waals surface area contributed by atoms with Crippen molar-refractivity contribution in [3.05, 3.63) is 53.1 Å². The van der Waals surface area contributed by atoms with E-state index in [0.29, 0.717) is 17.9 Å². The highest BCUT2D eigenvalue weighted by Crippen LogP contribution is 2.23. The van der Waals surface area contributed by atoms with Crippen LogP contribution in [0, 0.1) is 6.92 Å². The minimum atomic E-state index is -0.0854. The molecular formula is C15H16N4O. The maximum atomic E-state index is 12.1. The molecule has 0 bridgehead atoms. The fourth-order valence-electron chi connectivity index (χ4n) is 2.31. The predicted octanol–water partition coefficient (Wildman–Crippen LogP) is 1.68. The summed E-state index contributed by atoms with van der Waals surface area (Å²) >= 11 is 0. The summed E-state index contributed by atoms with van der Waals surface area (Å²) in [5.41, 5.74) is 3.82. The lowest BCUT2D eigenvalue weighted by molar-refractivity contribution is 0.0950. The summed E-state index contributed by atoms with van der Waals surface area (Å²) in [4.78, 5) is 20.4. The number of carbonyl (C=O) groups is 1. The molecule has 0 saturated carbocycles. The molecular weight excluding hydrogens is 252 g/mol. The summed E-state index contributed by atoms with van der Waals surface area (Å²) in [7, 11) is 0. The zero-order chi connectivity index (χ0) is 13.9. The van der Waals surface area contributed by atoms with Crippen LogP contribution in [0.4, 0.5) is 5.69 Å². The molecule has 0 saturated heterocycles. The first kappa shape index (κ1) is 12.6. The number of amides is 1. The Morgan fingerprint density at radius 2 is 2.30 bits per heavy atom. The minimum Gasteiger partial charge on any atom is -0.384 e. The fourth-order valence-corrected chi connectivity index (χ4v) is 2.31. The van der Waals surface area contributed by atoms with E-state index >= 15 is 0 Å². The lowest BCUT2D eigenvalue weighted by atomic mass is 10.1. The van der Waals surface area contributed by atoms with E-state index in [-0.39, 0.29) is 5.91 Å². The van der Waals surface area contributed by atoms with Crippen LogP contribution in [0.3, 0.4) is 0 Å². The molecule has 0 atom stereocenters. The van der Waals surface area contributed by atoms with E-state index in [0.717, 1.165) is 24.3 Å². The molecule has 2 aromatic rings. The number of rotatable bonds is 3. The summed E-state index contributed by atoms with van der Waals surface area (Å²) in [6, 6.07) is 7.59. The molecule has 1 amide bonds. The Kier molecular flexibility index (Phi) is 3.33. The second kappa shape index (κ2) is 5.28. The molecule has 2 heterocycles. The normalized spacial score (nSPS) is 12.7. The highest BCUT2D eigenvalue weighted by Gasteiger charge is 2.13. The second-order valence-corrected chi connectivity index (χ2v) is 4.83. The van der Waals surface area contributed by atoms with E-state index < -0.39 is 0 Å². The van der Waals surface area contributed by atoms with E-state index in [1.54, 1.807) is 12.3 Å². The van der Waals surface area contributed by atoms with Gasteiger partial charge in [-0.1, -0.05) is 6.07 Å². The van der Waals surface area contributed by atoms with E-state index in [9.17, 15) is 4.79 Å². The first-order chi connectivity index (χ1) is 9.72. The molecule has 1 aromatic heterocycles. The van der Waals surface area contributed by atoms with Crippen molar-refractivity contribution in [2.24, 2.45) is 0 Å². The highest BCUT2D eigenvalue weighted by molar-refractivity contribution is 5.95. The molecule has 1 aliphatic heterocycles. The van der Waals surface area contributed by atoms with Crippen molar-refractivity contribution in [3.8, 4) is 0 Å². The van der Waals surface area contributed by atoms with Crippen LogP contribution in [-0.4, -0.2) is 22.4 Å². The predicted molar refractivity (Wildman–Crippen MR) is 76.6 cm³/mol. The van der Waals surface area contributed by atoms with Crippen molar-refractivity contribution in [2.75, 3.05) is 11.9 Å². The van der Waals surface area contributed by atoms with Crippen LogP contribution in [0.1, 0.15) is 27.4 Å². The van der Waals surface area contributed by atoms with Gasteiger partial charge in [-0.3, -0.25) is 4.79 Å². The van der Waals surface area contributed by atoms with Crippen LogP contribution >= 0.6 is 0 Å². The van der Waals surface area contributed by atoms with Gasteiger partial charge in [0, 0.05) is 24.0 Å². The average Bonchev–Trinajstić information content (AvgIpc) is 2.92. The highest BCUT2D eigenvalue weighted by atomic mass is 16.1. The van der Waals surface area contributed by atoms with Crippen molar-refractivity contribution in [1.29, 1.82) is 0 Å². The Morgan fingerprint density at radius 1 is 1.40 bits per heavy atom. The first-order valence-electron chi connectivity index (χ1n) is 6.66. The summed E-state index contributed by atoms with van der Waals surface area (Å²) in [6.07, 6.45) is 2.72. The molecule has 0 fully saturated rings. The molecule has 1 aromatic carbocycles. The number of benzene rings is 1. The molecule has 5 nitrogen and oxygen atoms in total. The maximum Gasteiger partial charge on any atom is 0.251 e. The number of anilines is 1. The zero-order valence-corrected chi connectivity index (χ0v) is 11.3.